The van der Waals surface area contributed by atoms with Gasteiger partial charge in [0.2, 0.25) is 0 Å². The van der Waals surface area contributed by atoms with Gasteiger partial charge in [0.05, 0.1) is 0 Å². The fraction of sp³-hybridized carbons (Fsp3) is 0.174. The molecule has 2 nitrogen and oxygen atoms in total. The first kappa shape index (κ1) is 14.5. The number of hydrogen-bond acceptors (Lipinski definition) is 2. The minimum Gasteiger partial charge on any atom is -0.448 e. The van der Waals surface area contributed by atoms with Crippen molar-refractivity contribution in [2.75, 3.05) is 0 Å². The molecule has 1 saturated heterocycles. The number of fused-ring (bicyclic) bond motifs is 1. The van der Waals surface area contributed by atoms with Crippen molar-refractivity contribution in [3.05, 3.63) is 108 Å². The minimum absolute atomic E-state index is 0.101. The smallest absolute Gasteiger partial charge is 0.318 e. The van der Waals surface area contributed by atoms with E-state index >= 15 is 0 Å². The van der Waals surface area contributed by atoms with E-state index in [0.717, 1.165) is 23.1 Å². The van der Waals surface area contributed by atoms with Gasteiger partial charge < -0.3 is 4.74 Å². The lowest BCUT2D eigenvalue weighted by Gasteiger charge is -2.31. The molecule has 3 aromatic carbocycles. The predicted octanol–water partition coefficient (Wildman–Crippen LogP) is 4.44. The van der Waals surface area contributed by atoms with E-state index in [1.807, 2.05) is 66.7 Å². The Morgan fingerprint density at radius 2 is 1.12 bits per heavy atom. The maximum Gasteiger partial charge on any atom is 0.318 e. The molecule has 0 aromatic heterocycles. The monoisotopic (exact) mass is 326 g/mol. The van der Waals surface area contributed by atoms with Crippen LogP contribution in [-0.2, 0) is 20.5 Å². The van der Waals surface area contributed by atoms with Gasteiger partial charge in [0.15, 0.2) is 5.60 Å². The zero-order chi connectivity index (χ0) is 16.9. The van der Waals surface area contributed by atoms with Crippen LogP contribution in [0.1, 0.15) is 23.1 Å². The topological polar surface area (TPSA) is 26.3 Å². The lowest BCUT2D eigenvalue weighted by molar-refractivity contribution is -0.152. The van der Waals surface area contributed by atoms with E-state index < -0.39 is 11.0 Å². The second-order valence-corrected chi connectivity index (χ2v) is 6.95. The predicted molar refractivity (Wildman–Crippen MR) is 96.0 cm³/mol. The molecule has 2 atom stereocenters. The Balaban J connectivity index is 1.72. The number of ether oxygens (including phenoxy) is 1. The van der Waals surface area contributed by atoms with Gasteiger partial charge in [-0.25, -0.2) is 0 Å². The van der Waals surface area contributed by atoms with Gasteiger partial charge in [-0.05, 0) is 12.0 Å². The first-order valence-corrected chi connectivity index (χ1v) is 8.68. The van der Waals surface area contributed by atoms with Crippen LogP contribution in [0.3, 0.4) is 0 Å². The van der Waals surface area contributed by atoms with Gasteiger partial charge in [-0.15, -0.1) is 0 Å². The molecule has 1 saturated carbocycles. The van der Waals surface area contributed by atoms with Crippen LogP contribution in [-0.4, -0.2) is 5.97 Å². The summed E-state index contributed by atoms with van der Waals surface area (Å²) in [5.74, 6) is 0.0242. The standard InChI is InChI=1S/C23H18O2/c24-21-22(17-10-4-1-5-11-17)16-20(22)23(25-21,18-12-6-2-7-13-18)19-14-8-3-9-15-19/h1-15,20H,16H2/t20-,22+/m1/s1. The third-order valence-corrected chi connectivity index (χ3v) is 5.76. The zero-order valence-electron chi connectivity index (χ0n) is 13.8. The molecular formula is C23H18O2. The summed E-state index contributed by atoms with van der Waals surface area (Å²) in [6.45, 7) is 0. The fourth-order valence-corrected chi connectivity index (χ4v) is 4.52. The molecule has 1 heterocycles. The Bertz CT molecular complexity index is 879. The summed E-state index contributed by atoms with van der Waals surface area (Å²) in [5.41, 5.74) is 1.96. The summed E-state index contributed by atoms with van der Waals surface area (Å²) in [5, 5.41) is 0. The van der Waals surface area contributed by atoms with Crippen molar-refractivity contribution in [1.82, 2.24) is 0 Å². The first-order chi connectivity index (χ1) is 12.3. The number of carbonyl (C=O) groups excluding carboxylic acids is 1. The second kappa shape index (κ2) is 5.06. The maximum absolute atomic E-state index is 13.1. The third-order valence-electron chi connectivity index (χ3n) is 5.76. The largest absolute Gasteiger partial charge is 0.448 e. The molecule has 2 aliphatic rings. The molecule has 0 radical (unpaired) electrons. The molecule has 0 bridgehead atoms. The third kappa shape index (κ3) is 1.82. The first-order valence-electron chi connectivity index (χ1n) is 8.68. The molecule has 122 valence electrons. The van der Waals surface area contributed by atoms with Crippen molar-refractivity contribution in [3.8, 4) is 0 Å². The van der Waals surface area contributed by atoms with Crippen molar-refractivity contribution in [1.29, 1.82) is 0 Å². The van der Waals surface area contributed by atoms with Gasteiger partial charge in [0.25, 0.3) is 0 Å². The van der Waals surface area contributed by atoms with E-state index in [9.17, 15) is 4.79 Å². The van der Waals surface area contributed by atoms with Gasteiger partial charge in [0, 0.05) is 17.0 Å². The maximum atomic E-state index is 13.1. The summed E-state index contributed by atoms with van der Waals surface area (Å²) in [7, 11) is 0. The van der Waals surface area contributed by atoms with Crippen LogP contribution in [0, 0.1) is 5.92 Å². The van der Waals surface area contributed by atoms with Crippen LogP contribution < -0.4 is 0 Å². The Morgan fingerprint density at radius 3 is 1.56 bits per heavy atom. The number of benzene rings is 3. The van der Waals surface area contributed by atoms with Crippen LogP contribution >= 0.6 is 0 Å². The molecule has 0 N–H and O–H groups in total. The Hall–Kier alpha value is -2.87. The van der Waals surface area contributed by atoms with Gasteiger partial charge in [-0.1, -0.05) is 91.0 Å². The lowest BCUT2D eigenvalue weighted by atomic mass is 9.79. The SMILES string of the molecule is O=C1OC(c2ccccc2)(c2ccccc2)[C@@H]2C[C@@]12c1ccccc1. The Kier molecular flexibility index (Phi) is 2.93. The molecule has 0 unspecified atom stereocenters. The van der Waals surface area contributed by atoms with E-state index in [4.69, 9.17) is 4.74 Å². The normalized spacial score (nSPS) is 25.9. The van der Waals surface area contributed by atoms with Crippen LogP contribution in [0.2, 0.25) is 0 Å². The summed E-state index contributed by atoms with van der Waals surface area (Å²) in [6, 6.07) is 30.4. The lowest BCUT2D eigenvalue weighted by Crippen LogP contribution is -2.31. The molecule has 1 aliphatic carbocycles. The van der Waals surface area contributed by atoms with Crippen molar-refractivity contribution < 1.29 is 9.53 Å². The van der Waals surface area contributed by atoms with Gasteiger partial charge in [0.1, 0.15) is 5.41 Å². The van der Waals surface area contributed by atoms with E-state index in [1.54, 1.807) is 0 Å². The molecule has 3 aromatic rings. The van der Waals surface area contributed by atoms with Crippen LogP contribution in [0.5, 0.6) is 0 Å². The van der Waals surface area contributed by atoms with Crippen molar-refractivity contribution in [2.45, 2.75) is 17.4 Å². The van der Waals surface area contributed by atoms with E-state index in [0.29, 0.717) is 0 Å². The molecule has 2 heteroatoms. The van der Waals surface area contributed by atoms with Gasteiger partial charge in [-0.2, -0.15) is 0 Å². The molecule has 25 heavy (non-hydrogen) atoms. The molecule has 5 rings (SSSR count). The summed E-state index contributed by atoms with van der Waals surface area (Å²) < 4.78 is 6.20. The highest BCUT2D eigenvalue weighted by Crippen LogP contribution is 2.70. The van der Waals surface area contributed by atoms with E-state index in [1.165, 1.54) is 0 Å². The average Bonchev–Trinajstić information content (AvgIpc) is 3.40. The quantitative estimate of drug-likeness (QED) is 0.665. The Morgan fingerprint density at radius 1 is 0.680 bits per heavy atom. The highest BCUT2D eigenvalue weighted by Gasteiger charge is 2.77. The second-order valence-electron chi connectivity index (χ2n) is 6.95. The molecule has 0 amide bonds. The summed E-state index contributed by atoms with van der Waals surface area (Å²) in [4.78, 5) is 13.1. The van der Waals surface area contributed by atoms with Gasteiger partial charge in [-0.3, -0.25) is 4.79 Å². The number of cyclic esters (lactones) is 1. The number of rotatable bonds is 3. The molecule has 1 aliphatic heterocycles. The minimum atomic E-state index is -0.699. The van der Waals surface area contributed by atoms with E-state index in [-0.39, 0.29) is 11.9 Å². The zero-order valence-corrected chi connectivity index (χ0v) is 13.8. The number of carbonyl (C=O) groups is 1. The Labute approximate surface area is 147 Å². The number of hydrogen-bond donors (Lipinski definition) is 0. The van der Waals surface area contributed by atoms with Crippen molar-refractivity contribution >= 4 is 5.97 Å². The fourth-order valence-electron chi connectivity index (χ4n) is 4.52. The van der Waals surface area contributed by atoms with Gasteiger partial charge >= 0.3 is 5.97 Å². The van der Waals surface area contributed by atoms with Crippen molar-refractivity contribution in [2.24, 2.45) is 5.92 Å². The molecule has 0 spiro atoms. The average molecular weight is 326 g/mol. The summed E-state index contributed by atoms with van der Waals surface area (Å²) in [6.07, 6.45) is 0.833. The highest BCUT2D eigenvalue weighted by atomic mass is 16.6. The molecule has 2 fully saturated rings. The van der Waals surface area contributed by atoms with Crippen LogP contribution in [0.4, 0.5) is 0 Å². The highest BCUT2D eigenvalue weighted by molar-refractivity contribution is 5.92. The van der Waals surface area contributed by atoms with Crippen LogP contribution in [0.15, 0.2) is 91.0 Å². The van der Waals surface area contributed by atoms with Crippen molar-refractivity contribution in [3.63, 3.8) is 0 Å². The number of esters is 1. The van der Waals surface area contributed by atoms with E-state index in [2.05, 4.69) is 24.3 Å². The summed E-state index contributed by atoms with van der Waals surface area (Å²) >= 11 is 0. The van der Waals surface area contributed by atoms with Crippen LogP contribution in [0.25, 0.3) is 0 Å². The molecular weight excluding hydrogens is 308 g/mol.